The van der Waals surface area contributed by atoms with Crippen LogP contribution in [0.15, 0.2) is 24.3 Å². The first-order valence-electron chi connectivity index (χ1n) is 9.90. The lowest BCUT2D eigenvalue weighted by Gasteiger charge is -2.34. The summed E-state index contributed by atoms with van der Waals surface area (Å²) in [5.41, 5.74) is 0.553. The summed E-state index contributed by atoms with van der Waals surface area (Å²) < 4.78 is 5.02. The lowest BCUT2D eigenvalue weighted by Crippen LogP contribution is -2.50. The Morgan fingerprint density at radius 3 is 2.33 bits per heavy atom. The van der Waals surface area contributed by atoms with Gasteiger partial charge in [-0.1, -0.05) is 12.2 Å². The van der Waals surface area contributed by atoms with Crippen molar-refractivity contribution in [2.24, 2.45) is 0 Å². The Morgan fingerprint density at radius 1 is 1.13 bits per heavy atom. The largest absolute Gasteiger partial charge is 0.463 e. The van der Waals surface area contributed by atoms with Gasteiger partial charge >= 0.3 is 5.97 Å². The molecule has 1 saturated heterocycles. The summed E-state index contributed by atoms with van der Waals surface area (Å²) in [4.78, 5) is 50.6. The molecule has 162 valence electrons. The van der Waals surface area contributed by atoms with E-state index in [-0.39, 0.29) is 42.0 Å². The van der Waals surface area contributed by atoms with E-state index in [4.69, 9.17) is 4.74 Å². The summed E-state index contributed by atoms with van der Waals surface area (Å²) >= 11 is 0. The van der Waals surface area contributed by atoms with Gasteiger partial charge in [-0.25, -0.2) is 0 Å². The first-order chi connectivity index (χ1) is 14.2. The van der Waals surface area contributed by atoms with Gasteiger partial charge in [0, 0.05) is 44.2 Å². The Morgan fingerprint density at radius 2 is 1.77 bits per heavy atom. The summed E-state index contributed by atoms with van der Waals surface area (Å²) in [5.74, 6) is -0.873. The minimum Gasteiger partial charge on any atom is -0.463 e. The molecule has 2 rings (SSSR count). The number of hydrogen-bond acceptors (Lipinski definition) is 6. The minimum absolute atomic E-state index is 0.0262. The Hall–Kier alpha value is -3.23. The molecule has 0 aromatic heterocycles. The predicted molar refractivity (Wildman–Crippen MR) is 111 cm³/mol. The molecule has 1 aliphatic heterocycles. The van der Waals surface area contributed by atoms with Gasteiger partial charge in [-0.2, -0.15) is 0 Å². The van der Waals surface area contributed by atoms with E-state index in [1.54, 1.807) is 54.9 Å². The molecule has 1 aromatic carbocycles. The fraction of sp³-hybridized carbons (Fsp3) is 0.476. The van der Waals surface area contributed by atoms with E-state index in [9.17, 15) is 24.5 Å². The highest BCUT2D eigenvalue weighted by Gasteiger charge is 2.26. The van der Waals surface area contributed by atoms with E-state index < -0.39 is 10.9 Å². The van der Waals surface area contributed by atoms with E-state index in [1.807, 2.05) is 0 Å². The SMILES string of the molecule is C/C=C/c1ccc(C(=O)N2CCN(C(=O)CCC(=O)OC(C)C)CC2)cc1[N+](=O)[O-]. The minimum atomic E-state index is -0.507. The van der Waals surface area contributed by atoms with Crippen LogP contribution < -0.4 is 0 Å². The number of carbonyl (C=O) groups is 3. The van der Waals surface area contributed by atoms with Gasteiger partial charge in [-0.05, 0) is 32.9 Å². The molecule has 1 aromatic rings. The maximum Gasteiger partial charge on any atom is 0.306 e. The van der Waals surface area contributed by atoms with Crippen molar-refractivity contribution in [1.82, 2.24) is 9.80 Å². The predicted octanol–water partition coefficient (Wildman–Crippen LogP) is 2.64. The quantitative estimate of drug-likeness (QED) is 0.383. The third kappa shape index (κ3) is 6.13. The summed E-state index contributed by atoms with van der Waals surface area (Å²) in [6, 6.07) is 4.42. The monoisotopic (exact) mass is 417 g/mol. The van der Waals surface area contributed by atoms with Crippen LogP contribution in [0.3, 0.4) is 0 Å². The van der Waals surface area contributed by atoms with E-state index in [0.29, 0.717) is 31.7 Å². The van der Waals surface area contributed by atoms with Crippen LogP contribution in [0.4, 0.5) is 5.69 Å². The molecule has 9 nitrogen and oxygen atoms in total. The van der Waals surface area contributed by atoms with Crippen LogP contribution in [-0.4, -0.2) is 64.8 Å². The normalized spacial score (nSPS) is 14.3. The number of esters is 1. The van der Waals surface area contributed by atoms with Crippen molar-refractivity contribution >= 4 is 29.5 Å². The average molecular weight is 417 g/mol. The van der Waals surface area contributed by atoms with E-state index >= 15 is 0 Å². The number of carbonyl (C=O) groups excluding carboxylic acids is 3. The summed E-state index contributed by atoms with van der Waals surface area (Å²) in [7, 11) is 0. The lowest BCUT2D eigenvalue weighted by atomic mass is 10.1. The molecular weight excluding hydrogens is 390 g/mol. The van der Waals surface area contributed by atoms with Gasteiger partial charge in [-0.15, -0.1) is 0 Å². The van der Waals surface area contributed by atoms with Crippen LogP contribution in [0, 0.1) is 10.1 Å². The molecule has 9 heteroatoms. The van der Waals surface area contributed by atoms with Crippen LogP contribution >= 0.6 is 0 Å². The first-order valence-corrected chi connectivity index (χ1v) is 9.90. The highest BCUT2D eigenvalue weighted by atomic mass is 16.6. The molecule has 0 N–H and O–H groups in total. The number of piperazine rings is 1. The van der Waals surface area contributed by atoms with Crippen molar-refractivity contribution in [3.05, 3.63) is 45.5 Å². The maximum atomic E-state index is 12.8. The summed E-state index contributed by atoms with van der Waals surface area (Å²) in [6.45, 7) is 6.61. The second kappa shape index (κ2) is 10.5. The van der Waals surface area contributed by atoms with Crippen molar-refractivity contribution in [3.8, 4) is 0 Å². The Balaban J connectivity index is 1.94. The highest BCUT2D eigenvalue weighted by molar-refractivity contribution is 5.95. The molecule has 1 heterocycles. The summed E-state index contributed by atoms with van der Waals surface area (Å²) in [5, 5.41) is 11.3. The lowest BCUT2D eigenvalue weighted by molar-refractivity contribution is -0.385. The van der Waals surface area contributed by atoms with Crippen molar-refractivity contribution in [2.45, 2.75) is 39.7 Å². The maximum absolute atomic E-state index is 12.8. The number of ether oxygens (including phenoxy) is 1. The third-order valence-corrected chi connectivity index (χ3v) is 4.65. The molecule has 30 heavy (non-hydrogen) atoms. The number of nitro groups is 1. The average Bonchev–Trinajstić information content (AvgIpc) is 2.71. The van der Waals surface area contributed by atoms with Crippen LogP contribution in [0.1, 0.15) is 49.5 Å². The van der Waals surface area contributed by atoms with Gasteiger partial charge in [0.1, 0.15) is 0 Å². The molecular formula is C21H27N3O6. The van der Waals surface area contributed by atoms with Crippen LogP contribution in [-0.2, 0) is 14.3 Å². The van der Waals surface area contributed by atoms with Gasteiger partial charge in [-0.3, -0.25) is 24.5 Å². The molecule has 0 spiro atoms. The molecule has 0 bridgehead atoms. The fourth-order valence-electron chi connectivity index (χ4n) is 3.19. The molecule has 0 unspecified atom stereocenters. The Labute approximate surface area is 175 Å². The van der Waals surface area contributed by atoms with E-state index in [2.05, 4.69) is 0 Å². The number of nitro benzene ring substituents is 1. The van der Waals surface area contributed by atoms with Crippen molar-refractivity contribution in [1.29, 1.82) is 0 Å². The van der Waals surface area contributed by atoms with Gasteiger partial charge in [0.05, 0.1) is 23.0 Å². The summed E-state index contributed by atoms with van der Waals surface area (Å²) in [6.07, 6.45) is 3.19. The standard InChI is InChI=1S/C21H27N3O6/c1-4-5-16-6-7-17(14-18(16)24(28)29)21(27)23-12-10-22(11-13-23)19(25)8-9-20(26)30-15(2)3/h4-7,14-15H,8-13H2,1-3H3/b5-4+. The zero-order valence-corrected chi connectivity index (χ0v) is 17.5. The molecule has 0 aliphatic carbocycles. The van der Waals surface area contributed by atoms with E-state index in [1.165, 1.54) is 6.07 Å². The second-order valence-corrected chi connectivity index (χ2v) is 7.24. The molecule has 1 fully saturated rings. The Kier molecular flexibility index (Phi) is 8.08. The first kappa shape index (κ1) is 23.1. The molecule has 0 atom stereocenters. The smallest absolute Gasteiger partial charge is 0.306 e. The molecule has 0 saturated carbocycles. The number of nitrogens with zero attached hydrogens (tertiary/aromatic N) is 3. The molecule has 2 amide bonds. The van der Waals surface area contributed by atoms with Crippen molar-refractivity contribution in [2.75, 3.05) is 26.2 Å². The van der Waals surface area contributed by atoms with Crippen molar-refractivity contribution in [3.63, 3.8) is 0 Å². The van der Waals surface area contributed by atoms with E-state index in [0.717, 1.165) is 0 Å². The van der Waals surface area contributed by atoms with Gasteiger partial charge < -0.3 is 14.5 Å². The third-order valence-electron chi connectivity index (χ3n) is 4.65. The fourth-order valence-corrected chi connectivity index (χ4v) is 3.19. The highest BCUT2D eigenvalue weighted by Crippen LogP contribution is 2.23. The number of allylic oxidation sites excluding steroid dienone is 1. The topological polar surface area (TPSA) is 110 Å². The zero-order valence-electron chi connectivity index (χ0n) is 17.5. The van der Waals surface area contributed by atoms with Gasteiger partial charge in [0.2, 0.25) is 5.91 Å². The molecule has 1 aliphatic rings. The number of benzene rings is 1. The van der Waals surface area contributed by atoms with Crippen LogP contribution in [0.25, 0.3) is 6.08 Å². The Bertz CT molecular complexity index is 841. The number of amides is 2. The van der Waals surface area contributed by atoms with Gasteiger partial charge in [0.25, 0.3) is 11.6 Å². The number of hydrogen-bond donors (Lipinski definition) is 0. The second-order valence-electron chi connectivity index (χ2n) is 7.24. The van der Waals surface area contributed by atoms with Crippen molar-refractivity contribution < 1.29 is 24.0 Å². The number of rotatable bonds is 7. The molecule has 0 radical (unpaired) electrons. The zero-order chi connectivity index (χ0) is 22.3. The van der Waals surface area contributed by atoms with Crippen LogP contribution in [0.5, 0.6) is 0 Å². The van der Waals surface area contributed by atoms with Gasteiger partial charge in [0.15, 0.2) is 0 Å². The van der Waals surface area contributed by atoms with Crippen LogP contribution in [0.2, 0.25) is 0 Å².